The number of pyridine rings is 1. The Labute approximate surface area is 210 Å². The highest BCUT2D eigenvalue weighted by Gasteiger charge is 2.30. The fourth-order valence-corrected chi connectivity index (χ4v) is 5.37. The van der Waals surface area contributed by atoms with Crippen molar-refractivity contribution in [2.75, 3.05) is 5.32 Å². The minimum absolute atomic E-state index is 0.0000247. The molecule has 4 nitrogen and oxygen atoms in total. The average Bonchev–Trinajstić information content (AvgIpc) is 2.88. The number of para-hydroxylation sites is 1. The molecular weight excluding hydrogens is 430 g/mol. The second kappa shape index (κ2) is 11.5. The third kappa shape index (κ3) is 6.11. The Morgan fingerprint density at radius 3 is 2.03 bits per heavy atom. The lowest BCUT2D eigenvalue weighted by Crippen LogP contribution is -2.44. The van der Waals surface area contributed by atoms with Gasteiger partial charge in [0.1, 0.15) is 0 Å². The number of hydrogen-bond donors (Lipinski definition) is 1. The van der Waals surface area contributed by atoms with Gasteiger partial charge in [0.05, 0.1) is 0 Å². The molecule has 2 amide bonds. The van der Waals surface area contributed by atoms with Gasteiger partial charge < -0.3 is 10.2 Å². The molecule has 3 aromatic rings. The SMILES string of the molecule is CC(C)c1cccc(C(C)C)c1NC(=O)N(Cc1ccncc1)C1CCC(c2ccccc2)CC1. The van der Waals surface area contributed by atoms with E-state index in [9.17, 15) is 4.79 Å². The minimum atomic E-state index is -0.0000247. The average molecular weight is 470 g/mol. The van der Waals surface area contributed by atoms with Crippen molar-refractivity contribution in [3.8, 4) is 0 Å². The summed E-state index contributed by atoms with van der Waals surface area (Å²) < 4.78 is 0. The number of aromatic nitrogens is 1. The summed E-state index contributed by atoms with van der Waals surface area (Å²) in [6.07, 6.45) is 7.86. The number of rotatable bonds is 7. The molecule has 1 aliphatic rings. The van der Waals surface area contributed by atoms with Crippen LogP contribution in [0.15, 0.2) is 73.1 Å². The number of anilines is 1. The van der Waals surface area contributed by atoms with Gasteiger partial charge in [-0.3, -0.25) is 4.98 Å². The van der Waals surface area contributed by atoms with Gasteiger partial charge >= 0.3 is 6.03 Å². The molecule has 1 fully saturated rings. The molecule has 1 N–H and O–H groups in total. The Kier molecular flexibility index (Phi) is 8.22. The normalized spacial score (nSPS) is 18.0. The van der Waals surface area contributed by atoms with Gasteiger partial charge in [0.2, 0.25) is 0 Å². The summed E-state index contributed by atoms with van der Waals surface area (Å²) in [5.41, 5.74) is 5.91. The van der Waals surface area contributed by atoms with Gasteiger partial charge in [0, 0.05) is 30.7 Å². The maximum atomic E-state index is 13.9. The molecule has 0 aliphatic heterocycles. The number of carbonyl (C=O) groups is 1. The second-order valence-corrected chi connectivity index (χ2v) is 10.5. The van der Waals surface area contributed by atoms with Crippen LogP contribution in [0.2, 0.25) is 0 Å². The summed E-state index contributed by atoms with van der Waals surface area (Å²) in [5, 5.41) is 3.37. The molecule has 2 aromatic carbocycles. The monoisotopic (exact) mass is 469 g/mol. The van der Waals surface area contributed by atoms with E-state index >= 15 is 0 Å². The maximum Gasteiger partial charge on any atom is 0.322 e. The first kappa shape index (κ1) is 25.0. The van der Waals surface area contributed by atoms with Crippen molar-refractivity contribution in [1.29, 1.82) is 0 Å². The van der Waals surface area contributed by atoms with E-state index in [0.717, 1.165) is 36.9 Å². The molecule has 0 bridgehead atoms. The van der Waals surface area contributed by atoms with E-state index in [0.29, 0.717) is 24.3 Å². The largest absolute Gasteiger partial charge is 0.322 e. The van der Waals surface area contributed by atoms with E-state index in [-0.39, 0.29) is 12.1 Å². The standard InChI is InChI=1S/C31H39N3O/c1-22(2)28-11-8-12-29(23(3)4)30(28)33-31(35)34(21-24-17-19-32-20-18-24)27-15-13-26(14-16-27)25-9-6-5-7-10-25/h5-12,17-20,22-23,26-27H,13-16,21H2,1-4H3,(H,33,35). The topological polar surface area (TPSA) is 45.2 Å². The maximum absolute atomic E-state index is 13.9. The lowest BCUT2D eigenvalue weighted by atomic mass is 9.81. The van der Waals surface area contributed by atoms with Gasteiger partial charge in [-0.1, -0.05) is 76.2 Å². The Bertz CT molecular complexity index is 1060. The van der Waals surface area contributed by atoms with E-state index in [2.05, 4.69) is 91.4 Å². The van der Waals surface area contributed by atoms with Crippen LogP contribution in [-0.2, 0) is 6.54 Å². The van der Waals surface area contributed by atoms with Gasteiger partial charge in [0.15, 0.2) is 0 Å². The van der Waals surface area contributed by atoms with Crippen LogP contribution in [0.1, 0.15) is 93.4 Å². The summed E-state index contributed by atoms with van der Waals surface area (Å²) >= 11 is 0. The molecule has 4 rings (SSSR count). The Hall–Kier alpha value is -3.14. The molecule has 1 saturated carbocycles. The minimum Gasteiger partial charge on any atom is -0.317 e. The van der Waals surface area contributed by atoms with Gasteiger partial charge in [0.25, 0.3) is 0 Å². The van der Waals surface area contributed by atoms with Crippen LogP contribution in [0.5, 0.6) is 0 Å². The number of nitrogens with one attached hydrogen (secondary N) is 1. The van der Waals surface area contributed by atoms with Crippen LogP contribution in [0.3, 0.4) is 0 Å². The lowest BCUT2D eigenvalue weighted by Gasteiger charge is -2.37. The fraction of sp³-hybridized carbons (Fsp3) is 0.419. The molecule has 0 atom stereocenters. The first-order chi connectivity index (χ1) is 16.9. The molecule has 1 aromatic heterocycles. The van der Waals surface area contributed by atoms with Gasteiger partial charge in [-0.25, -0.2) is 4.79 Å². The third-order valence-corrected chi connectivity index (χ3v) is 7.38. The third-order valence-electron chi connectivity index (χ3n) is 7.38. The molecule has 35 heavy (non-hydrogen) atoms. The van der Waals surface area contributed by atoms with Gasteiger partial charge in [-0.15, -0.1) is 0 Å². The Morgan fingerprint density at radius 1 is 0.857 bits per heavy atom. The number of nitrogens with zero attached hydrogens (tertiary/aromatic N) is 2. The summed E-state index contributed by atoms with van der Waals surface area (Å²) in [4.78, 5) is 20.1. The highest BCUT2D eigenvalue weighted by atomic mass is 16.2. The van der Waals surface area contributed by atoms with Gasteiger partial charge in [-0.05, 0) is 77.8 Å². The molecule has 184 valence electrons. The summed E-state index contributed by atoms with van der Waals surface area (Å²) in [6, 6.07) is 21.5. The van der Waals surface area contributed by atoms with E-state index in [1.807, 2.05) is 24.5 Å². The molecule has 0 saturated heterocycles. The molecule has 0 spiro atoms. The van der Waals surface area contributed by atoms with Crippen LogP contribution in [0.4, 0.5) is 10.5 Å². The zero-order valence-corrected chi connectivity index (χ0v) is 21.6. The van der Waals surface area contributed by atoms with Crippen LogP contribution in [0.25, 0.3) is 0 Å². The summed E-state index contributed by atoms with van der Waals surface area (Å²) in [6.45, 7) is 9.35. The van der Waals surface area contributed by atoms with E-state index in [1.54, 1.807) is 0 Å². The highest BCUT2D eigenvalue weighted by Crippen LogP contribution is 2.37. The lowest BCUT2D eigenvalue weighted by molar-refractivity contribution is 0.158. The van der Waals surface area contributed by atoms with Crippen molar-refractivity contribution in [3.05, 3.63) is 95.3 Å². The quantitative estimate of drug-likeness (QED) is 0.380. The van der Waals surface area contributed by atoms with Crippen LogP contribution >= 0.6 is 0 Å². The fourth-order valence-electron chi connectivity index (χ4n) is 5.37. The highest BCUT2D eigenvalue weighted by molar-refractivity contribution is 5.91. The predicted molar refractivity (Wildman–Crippen MR) is 145 cm³/mol. The molecular formula is C31H39N3O. The van der Waals surface area contributed by atoms with Crippen LogP contribution < -0.4 is 5.32 Å². The summed E-state index contributed by atoms with van der Waals surface area (Å²) in [7, 11) is 0. The number of carbonyl (C=O) groups excluding carboxylic acids is 1. The van der Waals surface area contributed by atoms with E-state index in [4.69, 9.17) is 0 Å². The predicted octanol–water partition coefficient (Wildman–Crippen LogP) is 8.09. The Morgan fingerprint density at radius 2 is 1.46 bits per heavy atom. The number of benzene rings is 2. The van der Waals surface area contributed by atoms with E-state index in [1.165, 1.54) is 16.7 Å². The number of amides is 2. The molecule has 4 heteroatoms. The van der Waals surface area contributed by atoms with Crippen LogP contribution in [0, 0.1) is 0 Å². The number of hydrogen-bond acceptors (Lipinski definition) is 2. The van der Waals surface area contributed by atoms with Crippen molar-refractivity contribution in [3.63, 3.8) is 0 Å². The zero-order chi connectivity index (χ0) is 24.8. The van der Waals surface area contributed by atoms with Gasteiger partial charge in [-0.2, -0.15) is 0 Å². The van der Waals surface area contributed by atoms with Crippen molar-refractivity contribution in [2.45, 2.75) is 83.7 Å². The number of urea groups is 1. The van der Waals surface area contributed by atoms with Crippen molar-refractivity contribution < 1.29 is 4.79 Å². The smallest absolute Gasteiger partial charge is 0.317 e. The molecule has 0 unspecified atom stereocenters. The van der Waals surface area contributed by atoms with E-state index < -0.39 is 0 Å². The Balaban J connectivity index is 1.58. The summed E-state index contributed by atoms with van der Waals surface area (Å²) in [5.74, 6) is 1.24. The molecule has 0 radical (unpaired) electrons. The first-order valence-corrected chi connectivity index (χ1v) is 13.1. The van der Waals surface area contributed by atoms with Crippen LogP contribution in [-0.4, -0.2) is 22.0 Å². The molecule has 1 heterocycles. The van der Waals surface area contributed by atoms with Crippen molar-refractivity contribution in [2.24, 2.45) is 0 Å². The first-order valence-electron chi connectivity index (χ1n) is 13.1. The van der Waals surface area contributed by atoms with Crippen molar-refractivity contribution >= 4 is 11.7 Å². The zero-order valence-electron chi connectivity index (χ0n) is 21.6. The van der Waals surface area contributed by atoms with Crippen molar-refractivity contribution in [1.82, 2.24) is 9.88 Å². The second-order valence-electron chi connectivity index (χ2n) is 10.5. The molecule has 1 aliphatic carbocycles.